The number of hydrogen-bond acceptors (Lipinski definition) is 5. The third-order valence-electron chi connectivity index (χ3n) is 3.55. The monoisotopic (exact) mass is 277 g/mol. The summed E-state index contributed by atoms with van der Waals surface area (Å²) in [5, 5.41) is 16.7. The van der Waals surface area contributed by atoms with Gasteiger partial charge in [0.15, 0.2) is 0 Å². The Morgan fingerprint density at radius 1 is 1.32 bits per heavy atom. The first-order chi connectivity index (χ1) is 9.20. The van der Waals surface area contributed by atoms with E-state index in [0.717, 1.165) is 17.7 Å². The van der Waals surface area contributed by atoms with Gasteiger partial charge in [0.2, 0.25) is 4.87 Å². The third kappa shape index (κ3) is 2.32. The minimum atomic E-state index is -1.15. The van der Waals surface area contributed by atoms with E-state index in [1.165, 1.54) is 35.7 Å². The van der Waals surface area contributed by atoms with Crippen LogP contribution in [0.4, 0.5) is 0 Å². The van der Waals surface area contributed by atoms with E-state index in [1.807, 2.05) is 6.07 Å². The Morgan fingerprint density at radius 3 is 2.79 bits per heavy atom. The molecule has 1 heterocycles. The first-order valence-corrected chi connectivity index (χ1v) is 7.19. The quantitative estimate of drug-likeness (QED) is 0.889. The lowest BCUT2D eigenvalue weighted by molar-refractivity contribution is -0.140. The molecule has 0 fully saturated rings. The molecule has 0 saturated carbocycles. The SMILES string of the molecule is O=C(O)C1(Sc2ccc3c(c2)CCCC3)CN=NN1. The normalized spacial score (nSPS) is 24.8. The van der Waals surface area contributed by atoms with Gasteiger partial charge >= 0.3 is 5.97 Å². The highest BCUT2D eigenvalue weighted by molar-refractivity contribution is 8.01. The van der Waals surface area contributed by atoms with Gasteiger partial charge in [-0.25, -0.2) is 4.79 Å². The molecule has 100 valence electrons. The number of fused-ring (bicyclic) bond motifs is 1. The van der Waals surface area contributed by atoms with Crippen molar-refractivity contribution in [1.29, 1.82) is 0 Å². The summed E-state index contributed by atoms with van der Waals surface area (Å²) < 4.78 is 0. The molecular weight excluding hydrogens is 262 g/mol. The third-order valence-corrected chi connectivity index (χ3v) is 4.79. The molecule has 0 spiro atoms. The second kappa shape index (κ2) is 4.85. The van der Waals surface area contributed by atoms with Crippen LogP contribution in [0.25, 0.3) is 0 Å². The number of aliphatic carboxylic acids is 1. The summed E-state index contributed by atoms with van der Waals surface area (Å²) >= 11 is 1.28. The highest BCUT2D eigenvalue weighted by Crippen LogP contribution is 2.36. The Labute approximate surface area is 115 Å². The van der Waals surface area contributed by atoms with Crippen LogP contribution in [-0.4, -0.2) is 22.5 Å². The van der Waals surface area contributed by atoms with Crippen molar-refractivity contribution in [2.45, 2.75) is 35.4 Å². The maximum atomic E-state index is 11.4. The molecule has 0 aromatic heterocycles. The maximum Gasteiger partial charge on any atom is 0.343 e. The van der Waals surface area contributed by atoms with Crippen molar-refractivity contribution in [3.05, 3.63) is 29.3 Å². The van der Waals surface area contributed by atoms with E-state index >= 15 is 0 Å². The Kier molecular flexibility index (Phi) is 3.18. The summed E-state index contributed by atoms with van der Waals surface area (Å²) in [5.41, 5.74) is 5.37. The number of nitrogens with one attached hydrogen (secondary N) is 1. The van der Waals surface area contributed by atoms with Gasteiger partial charge in [-0.05, 0) is 48.9 Å². The number of aryl methyl sites for hydroxylation is 2. The van der Waals surface area contributed by atoms with E-state index in [0.29, 0.717) is 0 Å². The second-order valence-corrected chi connectivity index (χ2v) is 6.26. The zero-order valence-corrected chi connectivity index (χ0v) is 11.2. The molecule has 0 saturated heterocycles. The van der Waals surface area contributed by atoms with Gasteiger partial charge in [0.05, 0.1) is 0 Å². The fraction of sp³-hybridized carbons (Fsp3) is 0.462. The molecule has 3 rings (SSSR count). The summed E-state index contributed by atoms with van der Waals surface area (Å²) in [6, 6.07) is 6.24. The first-order valence-electron chi connectivity index (χ1n) is 6.37. The van der Waals surface area contributed by atoms with Gasteiger partial charge in [0.25, 0.3) is 0 Å². The topological polar surface area (TPSA) is 74.0 Å². The van der Waals surface area contributed by atoms with Crippen molar-refractivity contribution in [1.82, 2.24) is 5.43 Å². The predicted octanol–water partition coefficient (Wildman–Crippen LogP) is 2.41. The van der Waals surface area contributed by atoms with Crippen molar-refractivity contribution in [3.8, 4) is 0 Å². The van der Waals surface area contributed by atoms with E-state index in [4.69, 9.17) is 0 Å². The first kappa shape index (κ1) is 12.5. The van der Waals surface area contributed by atoms with Gasteiger partial charge in [-0.1, -0.05) is 23.1 Å². The maximum absolute atomic E-state index is 11.4. The van der Waals surface area contributed by atoms with Gasteiger partial charge in [-0.15, -0.1) is 0 Å². The van der Waals surface area contributed by atoms with Crippen LogP contribution in [0.5, 0.6) is 0 Å². The van der Waals surface area contributed by atoms with Crippen LogP contribution in [0.3, 0.4) is 0 Å². The van der Waals surface area contributed by atoms with E-state index in [-0.39, 0.29) is 6.54 Å². The summed E-state index contributed by atoms with van der Waals surface area (Å²) in [6.45, 7) is 0.157. The average Bonchev–Trinajstić information content (AvgIpc) is 2.88. The number of thioether (sulfide) groups is 1. The van der Waals surface area contributed by atoms with Crippen molar-refractivity contribution >= 4 is 17.7 Å². The van der Waals surface area contributed by atoms with Crippen molar-refractivity contribution in [3.63, 3.8) is 0 Å². The van der Waals surface area contributed by atoms with Crippen LogP contribution in [-0.2, 0) is 17.6 Å². The molecule has 1 aliphatic heterocycles. The summed E-state index contributed by atoms with van der Waals surface area (Å²) in [4.78, 5) is 11.2. The summed E-state index contributed by atoms with van der Waals surface area (Å²) in [6.07, 6.45) is 4.69. The predicted molar refractivity (Wildman–Crippen MR) is 72.2 cm³/mol. The zero-order valence-electron chi connectivity index (χ0n) is 10.4. The lowest BCUT2D eigenvalue weighted by atomic mass is 9.92. The summed E-state index contributed by atoms with van der Waals surface area (Å²) in [5.74, 6) is -0.930. The number of carboxylic acids is 1. The van der Waals surface area contributed by atoms with Crippen LogP contribution < -0.4 is 5.43 Å². The molecule has 2 aliphatic rings. The van der Waals surface area contributed by atoms with Crippen molar-refractivity contribution < 1.29 is 9.90 Å². The molecule has 1 unspecified atom stereocenters. The number of rotatable bonds is 3. The zero-order chi connectivity index (χ0) is 13.3. The van der Waals surface area contributed by atoms with Gasteiger partial charge in [-0.2, -0.15) is 5.11 Å². The fourth-order valence-corrected chi connectivity index (χ4v) is 3.51. The minimum absolute atomic E-state index is 0.157. The Balaban J connectivity index is 1.84. The van der Waals surface area contributed by atoms with Crippen molar-refractivity contribution in [2.75, 3.05) is 6.54 Å². The van der Waals surface area contributed by atoms with Crippen LogP contribution >= 0.6 is 11.8 Å². The van der Waals surface area contributed by atoms with Crippen LogP contribution in [0, 0.1) is 0 Å². The lowest BCUT2D eigenvalue weighted by Gasteiger charge is -2.22. The lowest BCUT2D eigenvalue weighted by Crippen LogP contribution is -2.46. The smallest absolute Gasteiger partial charge is 0.343 e. The van der Waals surface area contributed by atoms with E-state index in [1.54, 1.807) is 0 Å². The minimum Gasteiger partial charge on any atom is -0.479 e. The second-order valence-electron chi connectivity index (χ2n) is 4.88. The highest BCUT2D eigenvalue weighted by Gasteiger charge is 2.43. The number of carbonyl (C=O) groups is 1. The van der Waals surface area contributed by atoms with E-state index < -0.39 is 10.8 Å². The van der Waals surface area contributed by atoms with Crippen LogP contribution in [0.1, 0.15) is 24.0 Å². The molecule has 19 heavy (non-hydrogen) atoms. The Morgan fingerprint density at radius 2 is 2.11 bits per heavy atom. The van der Waals surface area contributed by atoms with Gasteiger partial charge in [0, 0.05) is 4.90 Å². The van der Waals surface area contributed by atoms with Gasteiger partial charge in [-0.3, -0.25) is 5.43 Å². The summed E-state index contributed by atoms with van der Waals surface area (Å²) in [7, 11) is 0. The molecule has 1 aromatic rings. The average molecular weight is 277 g/mol. The van der Waals surface area contributed by atoms with Crippen LogP contribution in [0.2, 0.25) is 0 Å². The largest absolute Gasteiger partial charge is 0.479 e. The Bertz CT molecular complexity index is 537. The molecular formula is C13H15N3O2S. The van der Waals surface area contributed by atoms with Gasteiger partial charge in [0.1, 0.15) is 6.54 Å². The molecule has 5 nitrogen and oxygen atoms in total. The number of carboxylic acid groups (broad SMARTS) is 1. The fourth-order valence-electron chi connectivity index (χ4n) is 2.48. The van der Waals surface area contributed by atoms with Gasteiger partial charge < -0.3 is 5.11 Å². The standard InChI is InChI=1S/C13H15N3O2S/c17-12(18)13(8-14-16-15-13)19-11-6-5-9-3-1-2-4-10(9)7-11/h5-7H,1-4,8H2,(H,14,15)(H,17,18). The molecule has 1 aromatic carbocycles. The highest BCUT2D eigenvalue weighted by atomic mass is 32.2. The van der Waals surface area contributed by atoms with E-state index in [2.05, 4.69) is 27.9 Å². The molecule has 0 amide bonds. The number of nitrogens with zero attached hydrogens (tertiary/aromatic N) is 2. The molecule has 1 atom stereocenters. The molecule has 0 bridgehead atoms. The Hall–Kier alpha value is -1.56. The molecule has 6 heteroatoms. The van der Waals surface area contributed by atoms with Crippen LogP contribution in [0.15, 0.2) is 33.4 Å². The number of benzene rings is 1. The van der Waals surface area contributed by atoms with E-state index in [9.17, 15) is 9.90 Å². The molecule has 0 radical (unpaired) electrons. The number of hydrogen-bond donors (Lipinski definition) is 2. The molecule has 1 aliphatic carbocycles. The molecule has 2 N–H and O–H groups in total. The van der Waals surface area contributed by atoms with Crippen molar-refractivity contribution in [2.24, 2.45) is 10.3 Å².